The first-order chi connectivity index (χ1) is 14.6. The van der Waals surface area contributed by atoms with Crippen molar-refractivity contribution >= 4 is 17.9 Å². The second-order valence-corrected chi connectivity index (χ2v) is 6.95. The average molecular weight is 402 g/mol. The molecule has 0 aliphatic rings. The zero-order valence-corrected chi connectivity index (χ0v) is 17.3. The van der Waals surface area contributed by atoms with E-state index < -0.39 is 0 Å². The number of benzene rings is 2. The third kappa shape index (κ3) is 5.67. The molecule has 2 N–H and O–H groups in total. The zero-order valence-electron chi connectivity index (χ0n) is 17.3. The van der Waals surface area contributed by atoms with Crippen molar-refractivity contribution in [2.75, 3.05) is 13.6 Å². The van der Waals surface area contributed by atoms with Crippen LogP contribution in [-0.2, 0) is 11.2 Å². The van der Waals surface area contributed by atoms with Gasteiger partial charge in [0.2, 0.25) is 5.91 Å². The second-order valence-electron chi connectivity index (χ2n) is 6.95. The standard InChI is InChI=1S/C24H26N4O2/c1-18-21(17-28(27-18)22-8-4-3-5-9-22)7-6-16-26-23(29)15-12-19-10-13-20(14-11-19)24(30)25-2/h3-5,8-15,17H,6-7,16H2,1-2H3,(H,25,30)(H,26,29). The zero-order chi connectivity index (χ0) is 21.3. The van der Waals surface area contributed by atoms with Gasteiger partial charge in [0.15, 0.2) is 0 Å². The largest absolute Gasteiger partial charge is 0.355 e. The summed E-state index contributed by atoms with van der Waals surface area (Å²) in [5.74, 6) is -0.269. The summed E-state index contributed by atoms with van der Waals surface area (Å²) in [4.78, 5) is 23.6. The molecule has 0 atom stereocenters. The van der Waals surface area contributed by atoms with Gasteiger partial charge in [0.05, 0.1) is 11.4 Å². The SMILES string of the molecule is CNC(=O)c1ccc(C=CC(=O)NCCCc2cn(-c3ccccc3)nc2C)cc1. The molecular formula is C24H26N4O2. The fourth-order valence-electron chi connectivity index (χ4n) is 3.07. The fourth-order valence-corrected chi connectivity index (χ4v) is 3.07. The Bertz CT molecular complexity index is 1020. The van der Waals surface area contributed by atoms with E-state index in [4.69, 9.17) is 0 Å². The molecule has 1 aromatic heterocycles. The Morgan fingerprint density at radius 1 is 1.07 bits per heavy atom. The van der Waals surface area contributed by atoms with E-state index in [9.17, 15) is 9.59 Å². The van der Waals surface area contributed by atoms with Crippen molar-refractivity contribution in [1.29, 1.82) is 0 Å². The average Bonchev–Trinajstić information content (AvgIpc) is 3.16. The van der Waals surface area contributed by atoms with Crippen molar-refractivity contribution < 1.29 is 9.59 Å². The van der Waals surface area contributed by atoms with Crippen molar-refractivity contribution in [3.8, 4) is 5.69 Å². The highest BCUT2D eigenvalue weighted by Gasteiger charge is 2.06. The Kier molecular flexibility index (Phi) is 7.16. The summed E-state index contributed by atoms with van der Waals surface area (Å²) in [6, 6.07) is 17.1. The van der Waals surface area contributed by atoms with E-state index in [1.165, 1.54) is 11.6 Å². The number of nitrogens with zero attached hydrogens (tertiary/aromatic N) is 2. The predicted octanol–water partition coefficient (Wildman–Crippen LogP) is 3.30. The normalized spacial score (nSPS) is 10.9. The number of carbonyl (C=O) groups is 2. The van der Waals surface area contributed by atoms with Gasteiger partial charge in [-0.15, -0.1) is 0 Å². The molecule has 0 saturated heterocycles. The second kappa shape index (κ2) is 10.2. The molecule has 0 bridgehead atoms. The predicted molar refractivity (Wildman–Crippen MR) is 118 cm³/mol. The van der Waals surface area contributed by atoms with E-state index in [1.807, 2.05) is 54.1 Å². The van der Waals surface area contributed by atoms with Crippen LogP contribution in [0.2, 0.25) is 0 Å². The van der Waals surface area contributed by atoms with Crippen LogP contribution in [0.3, 0.4) is 0 Å². The molecule has 0 aliphatic heterocycles. The molecule has 0 radical (unpaired) electrons. The monoisotopic (exact) mass is 402 g/mol. The van der Waals surface area contributed by atoms with Crippen LogP contribution < -0.4 is 10.6 Å². The summed E-state index contributed by atoms with van der Waals surface area (Å²) >= 11 is 0. The lowest BCUT2D eigenvalue weighted by molar-refractivity contribution is -0.116. The van der Waals surface area contributed by atoms with Crippen LogP contribution in [0.25, 0.3) is 11.8 Å². The van der Waals surface area contributed by atoms with Crippen molar-refractivity contribution in [1.82, 2.24) is 20.4 Å². The molecule has 3 aromatic rings. The molecule has 0 aliphatic carbocycles. The Hall–Kier alpha value is -3.67. The van der Waals surface area contributed by atoms with Crippen molar-refractivity contribution in [2.45, 2.75) is 19.8 Å². The van der Waals surface area contributed by atoms with Crippen molar-refractivity contribution in [3.05, 3.63) is 89.3 Å². The lowest BCUT2D eigenvalue weighted by Crippen LogP contribution is -2.22. The summed E-state index contributed by atoms with van der Waals surface area (Å²) in [7, 11) is 1.59. The van der Waals surface area contributed by atoms with Gasteiger partial charge in [0.25, 0.3) is 5.91 Å². The van der Waals surface area contributed by atoms with Crippen LogP contribution in [0, 0.1) is 6.92 Å². The van der Waals surface area contributed by atoms with E-state index >= 15 is 0 Å². The first-order valence-electron chi connectivity index (χ1n) is 9.95. The third-order valence-corrected chi connectivity index (χ3v) is 4.77. The van der Waals surface area contributed by atoms with E-state index in [0.29, 0.717) is 12.1 Å². The van der Waals surface area contributed by atoms with Crippen LogP contribution in [0.5, 0.6) is 0 Å². The number of aromatic nitrogens is 2. The van der Waals surface area contributed by atoms with Crippen molar-refractivity contribution in [2.24, 2.45) is 0 Å². The molecule has 0 unspecified atom stereocenters. The fraction of sp³-hybridized carbons (Fsp3) is 0.208. The molecule has 6 nitrogen and oxygen atoms in total. The van der Waals surface area contributed by atoms with E-state index in [2.05, 4.69) is 21.9 Å². The molecule has 154 valence electrons. The summed E-state index contributed by atoms with van der Waals surface area (Å²) in [5, 5.41) is 10.1. The van der Waals surface area contributed by atoms with Gasteiger partial charge in [0.1, 0.15) is 0 Å². The smallest absolute Gasteiger partial charge is 0.251 e. The van der Waals surface area contributed by atoms with E-state index in [-0.39, 0.29) is 11.8 Å². The van der Waals surface area contributed by atoms with Gasteiger partial charge in [-0.2, -0.15) is 5.10 Å². The highest BCUT2D eigenvalue weighted by Crippen LogP contribution is 2.13. The highest BCUT2D eigenvalue weighted by molar-refractivity contribution is 5.94. The summed E-state index contributed by atoms with van der Waals surface area (Å²) in [5.41, 5.74) is 4.67. The topological polar surface area (TPSA) is 76.0 Å². The maximum atomic E-state index is 12.0. The molecule has 2 amide bonds. The van der Waals surface area contributed by atoms with Gasteiger partial charge < -0.3 is 10.6 Å². The number of rotatable bonds is 8. The lowest BCUT2D eigenvalue weighted by Gasteiger charge is -2.02. The Labute approximate surface area is 176 Å². The molecule has 3 rings (SSSR count). The lowest BCUT2D eigenvalue weighted by atomic mass is 10.1. The van der Waals surface area contributed by atoms with Gasteiger partial charge >= 0.3 is 0 Å². The molecule has 0 fully saturated rings. The maximum absolute atomic E-state index is 12.0. The van der Waals surface area contributed by atoms with Gasteiger partial charge in [-0.05, 0) is 61.2 Å². The Balaban J connectivity index is 1.44. The minimum atomic E-state index is -0.137. The van der Waals surface area contributed by atoms with E-state index in [0.717, 1.165) is 29.8 Å². The maximum Gasteiger partial charge on any atom is 0.251 e. The summed E-state index contributed by atoms with van der Waals surface area (Å²) in [6.45, 7) is 2.60. The van der Waals surface area contributed by atoms with Crippen LogP contribution >= 0.6 is 0 Å². The molecule has 1 heterocycles. The van der Waals surface area contributed by atoms with Gasteiger partial charge in [0, 0.05) is 31.4 Å². The number of aryl methyl sites for hydroxylation is 2. The van der Waals surface area contributed by atoms with Crippen molar-refractivity contribution in [3.63, 3.8) is 0 Å². The number of amides is 2. The van der Waals surface area contributed by atoms with Crippen LogP contribution in [0.1, 0.15) is 33.6 Å². The first-order valence-corrected chi connectivity index (χ1v) is 9.95. The van der Waals surface area contributed by atoms with Gasteiger partial charge in [-0.1, -0.05) is 30.3 Å². The number of nitrogens with one attached hydrogen (secondary N) is 2. The molecule has 6 heteroatoms. The molecule has 0 saturated carbocycles. The number of hydrogen-bond donors (Lipinski definition) is 2. The van der Waals surface area contributed by atoms with Crippen LogP contribution in [-0.4, -0.2) is 35.2 Å². The quantitative estimate of drug-likeness (QED) is 0.448. The minimum Gasteiger partial charge on any atom is -0.355 e. The van der Waals surface area contributed by atoms with E-state index in [1.54, 1.807) is 25.3 Å². The summed E-state index contributed by atoms with van der Waals surface area (Å²) < 4.78 is 1.89. The molecule has 2 aromatic carbocycles. The Morgan fingerprint density at radius 2 is 1.80 bits per heavy atom. The van der Waals surface area contributed by atoms with Gasteiger partial charge in [-0.3, -0.25) is 9.59 Å². The van der Waals surface area contributed by atoms with Gasteiger partial charge in [-0.25, -0.2) is 4.68 Å². The third-order valence-electron chi connectivity index (χ3n) is 4.77. The Morgan fingerprint density at radius 3 is 2.50 bits per heavy atom. The molecule has 30 heavy (non-hydrogen) atoms. The molecular weight excluding hydrogens is 376 g/mol. The number of hydrogen-bond acceptors (Lipinski definition) is 3. The highest BCUT2D eigenvalue weighted by atomic mass is 16.2. The number of carbonyl (C=O) groups excluding carboxylic acids is 2. The van der Waals surface area contributed by atoms with Crippen LogP contribution in [0.15, 0.2) is 66.9 Å². The minimum absolute atomic E-state index is 0.132. The van der Waals surface area contributed by atoms with Crippen LogP contribution in [0.4, 0.5) is 0 Å². The number of para-hydroxylation sites is 1. The molecule has 0 spiro atoms. The summed E-state index contributed by atoms with van der Waals surface area (Å²) in [6.07, 6.45) is 6.98. The first kappa shape index (κ1) is 21.0.